The Bertz CT molecular complexity index is 551. The van der Waals surface area contributed by atoms with Gasteiger partial charge in [-0.15, -0.1) is 0 Å². The van der Waals surface area contributed by atoms with Crippen LogP contribution >= 0.6 is 0 Å². The first-order chi connectivity index (χ1) is 10.4. The van der Waals surface area contributed by atoms with E-state index in [0.29, 0.717) is 19.1 Å². The summed E-state index contributed by atoms with van der Waals surface area (Å²) < 4.78 is 10.6. The van der Waals surface area contributed by atoms with Crippen molar-refractivity contribution < 1.29 is 14.3 Å². The maximum absolute atomic E-state index is 12.3. The molecule has 0 amide bonds. The Labute approximate surface area is 133 Å². The number of hydrogen-bond acceptors (Lipinski definition) is 3. The number of hydrogen-bond donors (Lipinski definition) is 0. The standard InChI is InChI=1S/C19H26O3/c1-13(2)10-16-17(19(16,3)4)18(20)22-12-15-8-6-14(7-9-15)11-21-5/h6-10,16-17H,11-12H2,1-5H3. The molecule has 0 radical (unpaired) electrons. The summed E-state index contributed by atoms with van der Waals surface area (Å²) in [4.78, 5) is 12.3. The smallest absolute Gasteiger partial charge is 0.310 e. The Balaban J connectivity index is 1.89. The first-order valence-electron chi connectivity index (χ1n) is 7.74. The predicted molar refractivity (Wildman–Crippen MR) is 87.1 cm³/mol. The summed E-state index contributed by atoms with van der Waals surface area (Å²) in [5, 5.41) is 0. The zero-order chi connectivity index (χ0) is 16.3. The lowest BCUT2D eigenvalue weighted by atomic mass is 10.1. The first-order valence-corrected chi connectivity index (χ1v) is 7.74. The maximum atomic E-state index is 12.3. The molecule has 1 aliphatic rings. The van der Waals surface area contributed by atoms with E-state index in [0.717, 1.165) is 11.1 Å². The minimum Gasteiger partial charge on any atom is -0.461 e. The Morgan fingerprint density at radius 1 is 1.14 bits per heavy atom. The lowest BCUT2D eigenvalue weighted by Crippen LogP contribution is -2.10. The molecule has 2 rings (SSSR count). The molecule has 1 aliphatic carbocycles. The molecule has 1 fully saturated rings. The number of carbonyl (C=O) groups is 1. The van der Waals surface area contributed by atoms with Crippen molar-refractivity contribution in [2.45, 2.75) is 40.9 Å². The quantitative estimate of drug-likeness (QED) is 0.586. The SMILES string of the molecule is COCc1ccc(COC(=O)C2C(C=C(C)C)C2(C)C)cc1. The first kappa shape index (κ1) is 16.8. The molecule has 0 aromatic heterocycles. The Hall–Kier alpha value is -1.61. The van der Waals surface area contributed by atoms with Gasteiger partial charge < -0.3 is 9.47 Å². The fourth-order valence-electron chi connectivity index (χ4n) is 2.94. The number of esters is 1. The van der Waals surface area contributed by atoms with Crippen LogP contribution in [0.25, 0.3) is 0 Å². The maximum Gasteiger partial charge on any atom is 0.310 e. The van der Waals surface area contributed by atoms with E-state index in [2.05, 4.69) is 33.8 Å². The van der Waals surface area contributed by atoms with Crippen LogP contribution < -0.4 is 0 Å². The zero-order valence-electron chi connectivity index (χ0n) is 14.2. The van der Waals surface area contributed by atoms with Crippen LogP contribution in [0, 0.1) is 17.3 Å². The highest BCUT2D eigenvalue weighted by molar-refractivity contribution is 5.78. The highest BCUT2D eigenvalue weighted by atomic mass is 16.5. The summed E-state index contributed by atoms with van der Waals surface area (Å²) in [6.07, 6.45) is 2.19. The third-order valence-electron chi connectivity index (χ3n) is 4.39. The van der Waals surface area contributed by atoms with E-state index in [1.807, 2.05) is 24.3 Å². The third kappa shape index (κ3) is 3.77. The Morgan fingerprint density at radius 3 is 2.18 bits per heavy atom. The van der Waals surface area contributed by atoms with Crippen molar-refractivity contribution in [1.82, 2.24) is 0 Å². The molecule has 2 atom stereocenters. The summed E-state index contributed by atoms with van der Waals surface area (Å²) >= 11 is 0. The van der Waals surface area contributed by atoms with Crippen molar-refractivity contribution >= 4 is 5.97 Å². The van der Waals surface area contributed by atoms with Gasteiger partial charge in [-0.25, -0.2) is 0 Å². The molecule has 0 heterocycles. The van der Waals surface area contributed by atoms with Gasteiger partial charge in [-0.2, -0.15) is 0 Å². The summed E-state index contributed by atoms with van der Waals surface area (Å²) in [6.45, 7) is 9.32. The van der Waals surface area contributed by atoms with Crippen LogP contribution in [0.5, 0.6) is 0 Å². The van der Waals surface area contributed by atoms with Crippen molar-refractivity contribution in [3.05, 3.63) is 47.0 Å². The molecule has 22 heavy (non-hydrogen) atoms. The average Bonchev–Trinajstić information content (AvgIpc) is 2.98. The summed E-state index contributed by atoms with van der Waals surface area (Å²) in [5.41, 5.74) is 3.38. The number of rotatable bonds is 6. The van der Waals surface area contributed by atoms with E-state index >= 15 is 0 Å². The Morgan fingerprint density at radius 2 is 1.68 bits per heavy atom. The number of carbonyl (C=O) groups excluding carboxylic acids is 1. The molecule has 120 valence electrons. The van der Waals surface area contributed by atoms with Gasteiger partial charge in [0.25, 0.3) is 0 Å². The number of benzene rings is 1. The molecular weight excluding hydrogens is 276 g/mol. The van der Waals surface area contributed by atoms with Crippen LogP contribution in [-0.2, 0) is 27.5 Å². The second-order valence-electron chi connectivity index (χ2n) is 6.93. The van der Waals surface area contributed by atoms with Gasteiger partial charge in [-0.05, 0) is 36.3 Å². The van der Waals surface area contributed by atoms with E-state index < -0.39 is 0 Å². The van der Waals surface area contributed by atoms with E-state index in [9.17, 15) is 4.79 Å². The topological polar surface area (TPSA) is 35.5 Å². The lowest BCUT2D eigenvalue weighted by Gasteiger charge is -2.07. The molecule has 1 aromatic rings. The van der Waals surface area contributed by atoms with Crippen LogP contribution in [-0.4, -0.2) is 13.1 Å². The third-order valence-corrected chi connectivity index (χ3v) is 4.39. The fourth-order valence-corrected chi connectivity index (χ4v) is 2.94. The highest BCUT2D eigenvalue weighted by Gasteiger charge is 2.61. The van der Waals surface area contributed by atoms with Crippen LogP contribution in [0.2, 0.25) is 0 Å². The van der Waals surface area contributed by atoms with Crippen LogP contribution in [0.4, 0.5) is 0 Å². The largest absolute Gasteiger partial charge is 0.461 e. The fraction of sp³-hybridized carbons (Fsp3) is 0.526. The van der Waals surface area contributed by atoms with Crippen LogP contribution in [0.15, 0.2) is 35.9 Å². The normalized spacial score (nSPS) is 22.0. The second-order valence-corrected chi connectivity index (χ2v) is 6.93. The van der Waals surface area contributed by atoms with E-state index in [4.69, 9.17) is 9.47 Å². The van der Waals surface area contributed by atoms with Crippen molar-refractivity contribution in [3.63, 3.8) is 0 Å². The van der Waals surface area contributed by atoms with Gasteiger partial charge >= 0.3 is 5.97 Å². The van der Waals surface area contributed by atoms with Crippen LogP contribution in [0.3, 0.4) is 0 Å². The molecule has 2 unspecified atom stereocenters. The minimum atomic E-state index is -0.0894. The van der Waals surface area contributed by atoms with Crippen molar-refractivity contribution in [2.24, 2.45) is 17.3 Å². The van der Waals surface area contributed by atoms with E-state index in [1.165, 1.54) is 5.57 Å². The molecule has 3 nitrogen and oxygen atoms in total. The highest BCUT2D eigenvalue weighted by Crippen LogP contribution is 2.59. The minimum absolute atomic E-state index is 0.0106. The van der Waals surface area contributed by atoms with Crippen LogP contribution in [0.1, 0.15) is 38.8 Å². The molecule has 0 N–H and O–H groups in total. The molecule has 1 saturated carbocycles. The van der Waals surface area contributed by atoms with Gasteiger partial charge in [0.05, 0.1) is 12.5 Å². The Kier molecular flexibility index (Phi) is 5.07. The van der Waals surface area contributed by atoms with Crippen molar-refractivity contribution in [1.29, 1.82) is 0 Å². The molecule has 3 heteroatoms. The van der Waals surface area contributed by atoms with Gasteiger partial charge in [-0.1, -0.05) is 49.8 Å². The van der Waals surface area contributed by atoms with Gasteiger partial charge in [0, 0.05) is 7.11 Å². The molecular formula is C19H26O3. The van der Waals surface area contributed by atoms with E-state index in [1.54, 1.807) is 7.11 Å². The molecule has 0 saturated heterocycles. The van der Waals surface area contributed by atoms with E-state index in [-0.39, 0.29) is 17.3 Å². The molecule has 1 aromatic carbocycles. The summed E-state index contributed by atoms with van der Waals surface area (Å²) in [7, 11) is 1.68. The molecule has 0 spiro atoms. The summed E-state index contributed by atoms with van der Waals surface area (Å²) in [5.74, 6) is 0.192. The summed E-state index contributed by atoms with van der Waals surface area (Å²) in [6, 6.07) is 7.96. The monoisotopic (exact) mass is 302 g/mol. The van der Waals surface area contributed by atoms with Crippen molar-refractivity contribution in [2.75, 3.05) is 7.11 Å². The number of methoxy groups -OCH3 is 1. The van der Waals surface area contributed by atoms with Gasteiger partial charge in [-0.3, -0.25) is 4.79 Å². The van der Waals surface area contributed by atoms with Gasteiger partial charge in [0.2, 0.25) is 0 Å². The zero-order valence-corrected chi connectivity index (χ0v) is 14.2. The average molecular weight is 302 g/mol. The van der Waals surface area contributed by atoms with Gasteiger partial charge in [0.1, 0.15) is 6.61 Å². The second kappa shape index (κ2) is 6.66. The van der Waals surface area contributed by atoms with Gasteiger partial charge in [0.15, 0.2) is 0 Å². The predicted octanol–water partition coefficient (Wildman–Crippen LogP) is 4.11. The molecule has 0 bridgehead atoms. The number of allylic oxidation sites excluding steroid dienone is 2. The molecule has 0 aliphatic heterocycles. The number of ether oxygens (including phenoxy) is 2. The lowest BCUT2D eigenvalue weighted by molar-refractivity contribution is -0.147. The van der Waals surface area contributed by atoms with Crippen molar-refractivity contribution in [3.8, 4) is 0 Å².